The summed E-state index contributed by atoms with van der Waals surface area (Å²) in [5.41, 5.74) is 1.50. The third kappa shape index (κ3) is 1.37. The van der Waals surface area contributed by atoms with E-state index in [-0.39, 0.29) is 5.78 Å². The molecule has 1 aromatic carbocycles. The molecule has 0 fully saturated rings. The molecule has 0 amide bonds. The lowest BCUT2D eigenvalue weighted by atomic mass is 9.95. The van der Waals surface area contributed by atoms with Crippen molar-refractivity contribution in [3.05, 3.63) is 66.4 Å². The predicted octanol–water partition coefficient (Wildman–Crippen LogP) is 2.75. The lowest BCUT2D eigenvalue weighted by molar-refractivity contribution is -0.119. The van der Waals surface area contributed by atoms with Gasteiger partial charge in [-0.15, -0.1) is 0 Å². The smallest absolute Gasteiger partial charge is 0.187 e. The largest absolute Gasteiger partial charge is 0.331 e. The number of rotatable bonds is 1. The first-order chi connectivity index (χ1) is 8.22. The van der Waals surface area contributed by atoms with E-state index in [1.807, 2.05) is 66.6 Å². The molecule has 2 heterocycles. The van der Waals surface area contributed by atoms with E-state index in [1.165, 1.54) is 0 Å². The van der Waals surface area contributed by atoms with Gasteiger partial charge in [0.25, 0.3) is 0 Å². The minimum atomic E-state index is -0.542. The molecule has 0 N–H and O–H groups in total. The summed E-state index contributed by atoms with van der Waals surface area (Å²) in [6.45, 7) is 1.95. The molecule has 0 aromatic heterocycles. The predicted molar refractivity (Wildman–Crippen MR) is 68.0 cm³/mol. The van der Waals surface area contributed by atoms with Gasteiger partial charge in [-0.05, 0) is 18.6 Å². The van der Waals surface area contributed by atoms with Crippen molar-refractivity contribution in [1.29, 1.82) is 0 Å². The van der Waals surface area contributed by atoms with E-state index in [2.05, 4.69) is 0 Å². The average molecular weight is 223 g/mol. The number of nitrogens with zero attached hydrogens (tertiary/aromatic N) is 1. The number of fused-ring (bicyclic) bond motifs is 1. The fourth-order valence-electron chi connectivity index (χ4n) is 2.32. The molecule has 0 radical (unpaired) electrons. The highest BCUT2D eigenvalue weighted by Gasteiger charge is 2.42. The second kappa shape index (κ2) is 3.45. The van der Waals surface area contributed by atoms with Crippen molar-refractivity contribution in [1.82, 2.24) is 4.90 Å². The number of carbonyl (C=O) groups is 1. The highest BCUT2D eigenvalue weighted by Crippen LogP contribution is 2.37. The van der Waals surface area contributed by atoms with Crippen LogP contribution in [0.3, 0.4) is 0 Å². The minimum absolute atomic E-state index is 0.136. The van der Waals surface area contributed by atoms with Crippen LogP contribution in [-0.2, 0) is 4.79 Å². The Bertz CT molecular complexity index is 554. The Hall–Kier alpha value is -2.09. The Balaban J connectivity index is 2.09. The van der Waals surface area contributed by atoms with Gasteiger partial charge in [0, 0.05) is 12.3 Å². The van der Waals surface area contributed by atoms with E-state index in [0.717, 1.165) is 11.3 Å². The molecule has 3 rings (SSSR count). The summed E-state index contributed by atoms with van der Waals surface area (Å²) < 4.78 is 0. The highest BCUT2D eigenvalue weighted by molar-refractivity contribution is 6.09. The Kier molecular flexibility index (Phi) is 2.05. The van der Waals surface area contributed by atoms with Gasteiger partial charge in [0.05, 0.1) is 5.70 Å². The molecule has 1 unspecified atom stereocenters. The van der Waals surface area contributed by atoms with Crippen LogP contribution >= 0.6 is 0 Å². The number of carbonyl (C=O) groups excluding carboxylic acids is 1. The molecule has 0 aliphatic carbocycles. The second-order valence-electron chi connectivity index (χ2n) is 4.48. The van der Waals surface area contributed by atoms with Crippen molar-refractivity contribution >= 4 is 11.5 Å². The SMILES string of the molecule is CC12C=CC=CN1C(c1ccccc1)=CC2=O. The molecule has 2 aliphatic heterocycles. The average Bonchev–Trinajstić information content (AvgIpc) is 2.63. The standard InChI is InChI=1S/C15H13NO/c1-15-9-5-6-10-16(15)13(11-14(15)17)12-7-3-2-4-8-12/h2-11H,1H3. The summed E-state index contributed by atoms with van der Waals surface area (Å²) in [5.74, 6) is 0.136. The Morgan fingerprint density at radius 2 is 1.88 bits per heavy atom. The first kappa shape index (κ1) is 10.1. The zero-order valence-corrected chi connectivity index (χ0v) is 9.63. The van der Waals surface area contributed by atoms with E-state index in [1.54, 1.807) is 6.08 Å². The summed E-state index contributed by atoms with van der Waals surface area (Å²) in [7, 11) is 0. The fraction of sp³-hybridized carbons (Fsp3) is 0.133. The van der Waals surface area contributed by atoms with Crippen LogP contribution in [0.1, 0.15) is 12.5 Å². The van der Waals surface area contributed by atoms with Crippen LogP contribution in [0.5, 0.6) is 0 Å². The molecule has 2 aliphatic rings. The summed E-state index contributed by atoms with van der Waals surface area (Å²) in [5, 5.41) is 0. The molecule has 84 valence electrons. The summed E-state index contributed by atoms with van der Waals surface area (Å²) in [6.07, 6.45) is 9.52. The van der Waals surface area contributed by atoms with Crippen LogP contribution in [-0.4, -0.2) is 16.2 Å². The van der Waals surface area contributed by atoms with Gasteiger partial charge < -0.3 is 4.90 Å². The van der Waals surface area contributed by atoms with Gasteiger partial charge in [0.1, 0.15) is 5.54 Å². The fourth-order valence-corrected chi connectivity index (χ4v) is 2.32. The topological polar surface area (TPSA) is 20.3 Å². The Morgan fingerprint density at radius 3 is 2.65 bits per heavy atom. The maximum Gasteiger partial charge on any atom is 0.187 e. The molecule has 0 bridgehead atoms. The number of allylic oxidation sites excluding steroid dienone is 2. The molecule has 1 aromatic rings. The van der Waals surface area contributed by atoms with Crippen LogP contribution in [0, 0.1) is 0 Å². The first-order valence-corrected chi connectivity index (χ1v) is 5.69. The van der Waals surface area contributed by atoms with Crippen molar-refractivity contribution in [2.45, 2.75) is 12.5 Å². The lowest BCUT2D eigenvalue weighted by Gasteiger charge is -2.34. The Morgan fingerprint density at radius 1 is 1.12 bits per heavy atom. The van der Waals surface area contributed by atoms with Gasteiger partial charge in [-0.25, -0.2) is 0 Å². The normalized spacial score (nSPS) is 26.1. The van der Waals surface area contributed by atoms with Crippen LogP contribution in [0.25, 0.3) is 5.70 Å². The molecule has 1 atom stereocenters. The van der Waals surface area contributed by atoms with E-state index in [4.69, 9.17) is 0 Å². The molecule has 0 spiro atoms. The molecule has 17 heavy (non-hydrogen) atoms. The number of benzene rings is 1. The zero-order valence-electron chi connectivity index (χ0n) is 9.63. The number of ketones is 1. The molecular formula is C15H13NO. The quantitative estimate of drug-likeness (QED) is 0.729. The van der Waals surface area contributed by atoms with Crippen molar-refractivity contribution in [2.75, 3.05) is 0 Å². The van der Waals surface area contributed by atoms with E-state index < -0.39 is 5.54 Å². The van der Waals surface area contributed by atoms with Crippen molar-refractivity contribution < 1.29 is 4.79 Å². The summed E-state index contributed by atoms with van der Waals surface area (Å²) in [6, 6.07) is 10.00. The van der Waals surface area contributed by atoms with Crippen molar-refractivity contribution in [2.24, 2.45) is 0 Å². The van der Waals surface area contributed by atoms with Gasteiger partial charge >= 0.3 is 0 Å². The zero-order chi connectivity index (χ0) is 11.9. The molecule has 2 heteroatoms. The Labute approximate surface area is 101 Å². The first-order valence-electron chi connectivity index (χ1n) is 5.69. The van der Waals surface area contributed by atoms with Gasteiger partial charge in [-0.1, -0.05) is 42.5 Å². The monoisotopic (exact) mass is 223 g/mol. The summed E-state index contributed by atoms with van der Waals surface area (Å²) >= 11 is 0. The maximum absolute atomic E-state index is 12.1. The summed E-state index contributed by atoms with van der Waals surface area (Å²) in [4.78, 5) is 14.1. The van der Waals surface area contributed by atoms with Gasteiger partial charge in [-0.2, -0.15) is 0 Å². The maximum atomic E-state index is 12.1. The minimum Gasteiger partial charge on any atom is -0.331 e. The van der Waals surface area contributed by atoms with Crippen LogP contribution in [0.2, 0.25) is 0 Å². The van der Waals surface area contributed by atoms with Gasteiger partial charge in [0.15, 0.2) is 5.78 Å². The van der Waals surface area contributed by atoms with E-state index in [9.17, 15) is 4.79 Å². The third-order valence-corrected chi connectivity index (χ3v) is 3.36. The number of hydrogen-bond donors (Lipinski definition) is 0. The lowest BCUT2D eigenvalue weighted by Crippen LogP contribution is -2.42. The number of hydrogen-bond acceptors (Lipinski definition) is 2. The second-order valence-corrected chi connectivity index (χ2v) is 4.48. The van der Waals surface area contributed by atoms with Crippen LogP contribution in [0.4, 0.5) is 0 Å². The molecule has 2 nitrogen and oxygen atoms in total. The van der Waals surface area contributed by atoms with Crippen molar-refractivity contribution in [3.63, 3.8) is 0 Å². The third-order valence-electron chi connectivity index (χ3n) is 3.36. The molecule has 0 saturated heterocycles. The van der Waals surface area contributed by atoms with Gasteiger partial charge in [0.2, 0.25) is 0 Å². The van der Waals surface area contributed by atoms with E-state index in [0.29, 0.717) is 0 Å². The van der Waals surface area contributed by atoms with Gasteiger partial charge in [-0.3, -0.25) is 4.79 Å². The highest BCUT2D eigenvalue weighted by atomic mass is 16.1. The molecule has 0 saturated carbocycles. The molecular weight excluding hydrogens is 210 g/mol. The van der Waals surface area contributed by atoms with Crippen LogP contribution < -0.4 is 0 Å². The van der Waals surface area contributed by atoms with Crippen molar-refractivity contribution in [3.8, 4) is 0 Å². The van der Waals surface area contributed by atoms with E-state index >= 15 is 0 Å². The van der Waals surface area contributed by atoms with Crippen LogP contribution in [0.15, 0.2) is 60.8 Å².